The van der Waals surface area contributed by atoms with Crippen LogP contribution in [0.4, 0.5) is 4.39 Å². The molecular weight excluding hydrogens is 317 g/mol. The van der Waals surface area contributed by atoms with E-state index < -0.39 is 0 Å². The molecule has 1 aliphatic rings. The molecule has 1 N–H and O–H groups in total. The molecule has 20 heavy (non-hydrogen) atoms. The number of nitrogens with one attached hydrogen (secondary N) is 1. The van der Waals surface area contributed by atoms with Crippen molar-refractivity contribution in [2.45, 2.75) is 39.5 Å². The molecule has 1 saturated carbocycles. The minimum absolute atomic E-state index is 0.0693. The van der Waals surface area contributed by atoms with Crippen LogP contribution in [0, 0.1) is 23.6 Å². The molecule has 2 atom stereocenters. The second-order valence-electron chi connectivity index (χ2n) is 6.44. The Labute approximate surface area is 130 Å². The number of hydrogen-bond acceptors (Lipinski definition) is 1. The summed E-state index contributed by atoms with van der Waals surface area (Å²) in [6.45, 7) is 6.63. The first-order valence-corrected chi connectivity index (χ1v) is 8.50. The first kappa shape index (κ1) is 16.0. The first-order chi connectivity index (χ1) is 9.56. The van der Waals surface area contributed by atoms with Crippen LogP contribution in [0.1, 0.15) is 38.7 Å². The number of halogens is 2. The third kappa shape index (κ3) is 4.56. The molecule has 1 fully saturated rings. The average molecular weight is 342 g/mol. The lowest BCUT2D eigenvalue weighted by atomic mass is 9.89. The van der Waals surface area contributed by atoms with Crippen LogP contribution in [0.2, 0.25) is 0 Å². The summed E-state index contributed by atoms with van der Waals surface area (Å²) >= 11 is 3.32. The molecule has 0 heterocycles. The van der Waals surface area contributed by atoms with Gasteiger partial charge >= 0.3 is 0 Å². The molecule has 2 unspecified atom stereocenters. The fraction of sp³-hybridized carbons (Fsp3) is 0.647. The second kappa shape index (κ2) is 7.56. The molecule has 1 nitrogen and oxygen atoms in total. The van der Waals surface area contributed by atoms with Gasteiger partial charge in [0.25, 0.3) is 0 Å². The van der Waals surface area contributed by atoms with Gasteiger partial charge in [0.05, 0.1) is 0 Å². The lowest BCUT2D eigenvalue weighted by Crippen LogP contribution is -2.29. The van der Waals surface area contributed by atoms with Gasteiger partial charge in [-0.3, -0.25) is 0 Å². The van der Waals surface area contributed by atoms with Crippen LogP contribution in [0.5, 0.6) is 0 Å². The number of hydrogen-bond donors (Lipinski definition) is 1. The number of benzene rings is 1. The summed E-state index contributed by atoms with van der Waals surface area (Å²) in [6.07, 6.45) is 4.70. The lowest BCUT2D eigenvalue weighted by Gasteiger charge is -2.21. The Morgan fingerprint density at radius 1 is 1.30 bits per heavy atom. The van der Waals surface area contributed by atoms with Gasteiger partial charge in [-0.05, 0) is 67.8 Å². The van der Waals surface area contributed by atoms with Crippen LogP contribution < -0.4 is 5.32 Å². The summed E-state index contributed by atoms with van der Waals surface area (Å²) in [6, 6.07) is 5.45. The minimum atomic E-state index is -0.0693. The Morgan fingerprint density at radius 3 is 2.75 bits per heavy atom. The second-order valence-corrected chi connectivity index (χ2v) is 7.36. The van der Waals surface area contributed by atoms with Crippen LogP contribution in [0.25, 0.3) is 0 Å². The molecule has 1 aliphatic carbocycles. The minimum Gasteiger partial charge on any atom is -0.316 e. The van der Waals surface area contributed by atoms with E-state index in [0.29, 0.717) is 17.8 Å². The Bertz CT molecular complexity index is 433. The van der Waals surface area contributed by atoms with E-state index in [9.17, 15) is 4.39 Å². The van der Waals surface area contributed by atoms with Gasteiger partial charge in [-0.1, -0.05) is 42.3 Å². The smallest absolute Gasteiger partial charge is 0.127 e. The van der Waals surface area contributed by atoms with Gasteiger partial charge < -0.3 is 5.32 Å². The highest BCUT2D eigenvalue weighted by Crippen LogP contribution is 2.34. The van der Waals surface area contributed by atoms with Crippen molar-refractivity contribution in [2.24, 2.45) is 17.8 Å². The highest BCUT2D eigenvalue weighted by Gasteiger charge is 2.27. The third-order valence-corrected chi connectivity index (χ3v) is 4.77. The molecule has 2 rings (SSSR count). The van der Waals surface area contributed by atoms with Gasteiger partial charge in [0.1, 0.15) is 5.82 Å². The maximum atomic E-state index is 13.9. The molecule has 3 heteroatoms. The summed E-state index contributed by atoms with van der Waals surface area (Å²) in [5.74, 6) is 1.96. The molecule has 0 radical (unpaired) electrons. The van der Waals surface area contributed by atoms with E-state index >= 15 is 0 Å². The van der Waals surface area contributed by atoms with Gasteiger partial charge in [-0.25, -0.2) is 4.39 Å². The summed E-state index contributed by atoms with van der Waals surface area (Å²) in [5.41, 5.74) is 0.869. The van der Waals surface area contributed by atoms with E-state index in [4.69, 9.17) is 0 Å². The van der Waals surface area contributed by atoms with Crippen molar-refractivity contribution in [1.82, 2.24) is 5.32 Å². The highest BCUT2D eigenvalue weighted by molar-refractivity contribution is 9.10. The standard InChI is InChI=1S/C17H25BrFN/c1-12(2)10-20-11-15-5-3-4-13(15)8-14-6-7-16(18)9-17(14)19/h6-7,9,12-13,15,20H,3-5,8,10-11H2,1-2H3. The van der Waals surface area contributed by atoms with Gasteiger partial charge in [0, 0.05) is 4.47 Å². The van der Waals surface area contributed by atoms with Crippen molar-refractivity contribution in [3.05, 3.63) is 34.1 Å². The fourth-order valence-electron chi connectivity index (χ4n) is 3.18. The third-order valence-electron chi connectivity index (χ3n) is 4.27. The largest absolute Gasteiger partial charge is 0.316 e. The molecule has 0 spiro atoms. The zero-order valence-corrected chi connectivity index (χ0v) is 14.0. The van der Waals surface area contributed by atoms with Crippen molar-refractivity contribution in [3.63, 3.8) is 0 Å². The SMILES string of the molecule is CC(C)CNCC1CCCC1Cc1ccc(Br)cc1F. The summed E-state index contributed by atoms with van der Waals surface area (Å²) in [4.78, 5) is 0. The van der Waals surface area contributed by atoms with Crippen molar-refractivity contribution in [1.29, 1.82) is 0 Å². The average Bonchev–Trinajstić information content (AvgIpc) is 2.80. The Kier molecular flexibility index (Phi) is 6.03. The van der Waals surface area contributed by atoms with Crippen molar-refractivity contribution in [2.75, 3.05) is 13.1 Å². The Balaban J connectivity index is 1.90. The monoisotopic (exact) mass is 341 g/mol. The lowest BCUT2D eigenvalue weighted by molar-refractivity contribution is 0.354. The topological polar surface area (TPSA) is 12.0 Å². The van der Waals surface area contributed by atoms with E-state index in [2.05, 4.69) is 35.1 Å². The first-order valence-electron chi connectivity index (χ1n) is 7.71. The van der Waals surface area contributed by atoms with Crippen LogP contribution in [0.15, 0.2) is 22.7 Å². The fourth-order valence-corrected chi connectivity index (χ4v) is 3.51. The maximum absolute atomic E-state index is 13.9. The van der Waals surface area contributed by atoms with Gasteiger partial charge in [-0.2, -0.15) is 0 Å². The zero-order chi connectivity index (χ0) is 14.5. The molecule has 0 bridgehead atoms. The van der Waals surface area contributed by atoms with Gasteiger partial charge in [-0.15, -0.1) is 0 Å². The van der Waals surface area contributed by atoms with Gasteiger partial charge in [0.15, 0.2) is 0 Å². The summed E-state index contributed by atoms with van der Waals surface area (Å²) in [7, 11) is 0. The molecule has 0 aliphatic heterocycles. The van der Waals surface area contributed by atoms with Gasteiger partial charge in [0.2, 0.25) is 0 Å². The molecule has 112 valence electrons. The maximum Gasteiger partial charge on any atom is 0.127 e. The van der Waals surface area contributed by atoms with Crippen LogP contribution in [0.3, 0.4) is 0 Å². The molecule has 0 aromatic heterocycles. The highest BCUT2D eigenvalue weighted by atomic mass is 79.9. The number of rotatable bonds is 6. The van der Waals surface area contributed by atoms with Crippen LogP contribution in [-0.4, -0.2) is 13.1 Å². The van der Waals surface area contributed by atoms with E-state index in [1.165, 1.54) is 19.3 Å². The quantitative estimate of drug-likeness (QED) is 0.784. The van der Waals surface area contributed by atoms with Crippen LogP contribution in [-0.2, 0) is 6.42 Å². The van der Waals surface area contributed by atoms with Crippen molar-refractivity contribution >= 4 is 15.9 Å². The summed E-state index contributed by atoms with van der Waals surface area (Å²) in [5, 5.41) is 3.57. The predicted molar refractivity (Wildman–Crippen MR) is 86.3 cm³/mol. The van der Waals surface area contributed by atoms with E-state index in [1.807, 2.05) is 12.1 Å². The predicted octanol–water partition coefficient (Wildman–Crippen LogP) is 4.79. The normalized spacial score (nSPS) is 22.6. The van der Waals surface area contributed by atoms with Crippen molar-refractivity contribution < 1.29 is 4.39 Å². The van der Waals surface area contributed by atoms with Crippen LogP contribution >= 0.6 is 15.9 Å². The zero-order valence-electron chi connectivity index (χ0n) is 12.5. The van der Waals surface area contributed by atoms with Crippen molar-refractivity contribution in [3.8, 4) is 0 Å². The van der Waals surface area contributed by atoms with E-state index in [1.54, 1.807) is 6.07 Å². The molecule has 1 aromatic rings. The molecule has 1 aromatic carbocycles. The Hall–Kier alpha value is -0.410. The van der Waals surface area contributed by atoms with E-state index in [0.717, 1.165) is 29.5 Å². The molecule has 0 saturated heterocycles. The summed E-state index contributed by atoms with van der Waals surface area (Å²) < 4.78 is 14.8. The Morgan fingerprint density at radius 2 is 2.05 bits per heavy atom. The van der Waals surface area contributed by atoms with E-state index in [-0.39, 0.29) is 5.82 Å². The molecule has 0 amide bonds. The molecular formula is C17H25BrFN.